The minimum absolute atomic E-state index is 0.401. The van der Waals surface area contributed by atoms with Crippen molar-refractivity contribution in [2.45, 2.75) is 0 Å². The minimum atomic E-state index is -4.05. The molecule has 9 heavy (non-hydrogen) atoms. The largest absolute Gasteiger partial charge is 0.303 e. The Labute approximate surface area is 54.2 Å². The Morgan fingerprint density at radius 1 is 1.44 bits per heavy atom. The van der Waals surface area contributed by atoms with Crippen molar-refractivity contribution in [2.24, 2.45) is 0 Å². The van der Waals surface area contributed by atoms with Crippen LogP contribution in [0.15, 0.2) is 12.0 Å². The van der Waals surface area contributed by atoms with Crippen molar-refractivity contribution < 1.29 is 20.5 Å². The molecule has 0 spiro atoms. The first kappa shape index (κ1) is 8.60. The molecule has 5 nitrogen and oxygen atoms in total. The molecule has 0 aromatic carbocycles. The first-order valence-electron chi connectivity index (χ1n) is 1.69. The van der Waals surface area contributed by atoms with E-state index in [1.807, 2.05) is 0 Å². The predicted octanol–water partition coefficient (Wildman–Crippen LogP) is -0.997. The highest BCUT2D eigenvalue weighted by atomic mass is 32.3. The van der Waals surface area contributed by atoms with Crippen LogP contribution >= 0.6 is 0 Å². The third-order valence-electron chi connectivity index (χ3n) is 0.369. The second kappa shape index (κ2) is 2.95. The fourth-order valence-electron chi connectivity index (χ4n) is 0.115. The molecule has 0 saturated heterocycles. The maximum absolute atomic E-state index is 10.1. The van der Waals surface area contributed by atoms with E-state index in [4.69, 9.17) is 0 Å². The molecule has 54 valence electrons. The zero-order chi connectivity index (χ0) is 7.49. The van der Waals surface area contributed by atoms with Crippen LogP contribution in [0.1, 0.15) is 0 Å². The van der Waals surface area contributed by atoms with E-state index in [0.717, 1.165) is 0 Å². The quantitative estimate of drug-likeness (QED) is 0.552. The van der Waals surface area contributed by atoms with E-state index in [1.54, 1.807) is 0 Å². The molecule has 0 amide bonds. The highest BCUT2D eigenvalue weighted by molar-refractivity contribution is 7.95. The minimum Gasteiger partial charge on any atom is -0.201 e. The van der Waals surface area contributed by atoms with Crippen LogP contribution in [0.4, 0.5) is 0 Å². The van der Waals surface area contributed by atoms with Gasteiger partial charge in [-0.15, -0.1) is 3.63 Å². The van der Waals surface area contributed by atoms with Crippen LogP contribution in [-0.4, -0.2) is 16.8 Å². The summed E-state index contributed by atoms with van der Waals surface area (Å²) in [6.45, 7) is 2.81. The summed E-state index contributed by atoms with van der Waals surface area (Å²) >= 11 is 0. The molecule has 7 heteroatoms. The highest BCUT2D eigenvalue weighted by Crippen LogP contribution is 1.91. The Kier molecular flexibility index (Phi) is 2.82. The standard InChI is InChI=1S/C2H4O5S2/c1-2-9(5,6)7-8(3)4/h2,8H,1H2. The second-order valence-corrected chi connectivity index (χ2v) is 3.32. The molecule has 0 atom stereocenters. The van der Waals surface area contributed by atoms with Crippen LogP contribution in [0.3, 0.4) is 0 Å². The lowest BCUT2D eigenvalue weighted by atomic mass is 11.3. The van der Waals surface area contributed by atoms with Gasteiger partial charge in [-0.1, -0.05) is 6.58 Å². The van der Waals surface area contributed by atoms with Crippen molar-refractivity contribution in [3.05, 3.63) is 12.0 Å². The molecular weight excluding hydrogens is 168 g/mol. The van der Waals surface area contributed by atoms with Gasteiger partial charge in [0.05, 0.1) is 5.41 Å². The maximum atomic E-state index is 10.1. The van der Waals surface area contributed by atoms with Gasteiger partial charge in [0, 0.05) is 0 Å². The summed E-state index contributed by atoms with van der Waals surface area (Å²) in [5.41, 5.74) is 0. The molecule has 0 aliphatic heterocycles. The van der Waals surface area contributed by atoms with Gasteiger partial charge in [-0.05, 0) is 0 Å². The van der Waals surface area contributed by atoms with Crippen molar-refractivity contribution in [1.29, 1.82) is 0 Å². The lowest BCUT2D eigenvalue weighted by Gasteiger charge is -1.86. The molecule has 0 aliphatic carbocycles. The van der Waals surface area contributed by atoms with Gasteiger partial charge >= 0.3 is 10.1 Å². The molecule has 0 rings (SSSR count). The second-order valence-electron chi connectivity index (χ2n) is 0.958. The highest BCUT2D eigenvalue weighted by Gasteiger charge is 2.04. The van der Waals surface area contributed by atoms with Crippen LogP contribution < -0.4 is 0 Å². The van der Waals surface area contributed by atoms with E-state index in [-0.39, 0.29) is 0 Å². The molecule has 0 fully saturated rings. The van der Waals surface area contributed by atoms with Gasteiger partial charge in [-0.25, -0.2) is 8.42 Å². The van der Waals surface area contributed by atoms with Gasteiger partial charge in [0.2, 0.25) is 0 Å². The van der Waals surface area contributed by atoms with Crippen molar-refractivity contribution in [1.82, 2.24) is 0 Å². The summed E-state index contributed by atoms with van der Waals surface area (Å²) in [4.78, 5) is 0. The molecule has 0 N–H and O–H groups in total. The lowest BCUT2D eigenvalue weighted by Crippen LogP contribution is -1.98. The van der Waals surface area contributed by atoms with Gasteiger partial charge in [-0.3, -0.25) is 0 Å². The molecule has 0 unspecified atom stereocenters. The Hall–Kier alpha value is -0.400. The van der Waals surface area contributed by atoms with E-state index in [9.17, 15) is 16.8 Å². The summed E-state index contributed by atoms with van der Waals surface area (Å²) < 4.78 is 42.7. The van der Waals surface area contributed by atoms with Crippen molar-refractivity contribution in [2.75, 3.05) is 0 Å². The monoisotopic (exact) mass is 172 g/mol. The molecule has 0 saturated carbocycles. The summed E-state index contributed by atoms with van der Waals surface area (Å²) in [5, 5.41) is 0.401. The van der Waals surface area contributed by atoms with Crippen LogP contribution in [0.25, 0.3) is 0 Å². The SMILES string of the molecule is C=CS(=O)(=O)O[SH](=O)=O. The van der Waals surface area contributed by atoms with Crippen molar-refractivity contribution in [3.63, 3.8) is 0 Å². The summed E-state index contributed by atoms with van der Waals surface area (Å²) in [7, 11) is -7.40. The first-order chi connectivity index (χ1) is 3.98. The van der Waals surface area contributed by atoms with E-state index >= 15 is 0 Å². The molecule has 0 aliphatic rings. The Morgan fingerprint density at radius 2 is 1.89 bits per heavy atom. The van der Waals surface area contributed by atoms with E-state index in [0.29, 0.717) is 5.41 Å². The predicted molar refractivity (Wildman–Crippen MR) is 30.5 cm³/mol. The van der Waals surface area contributed by atoms with Gasteiger partial charge in [-0.2, -0.15) is 8.42 Å². The average Bonchev–Trinajstić information content (AvgIpc) is 1.63. The van der Waals surface area contributed by atoms with Gasteiger partial charge < -0.3 is 0 Å². The third-order valence-corrected chi connectivity index (χ3v) is 2.10. The Bertz CT molecular complexity index is 249. The van der Waals surface area contributed by atoms with Gasteiger partial charge in [0.15, 0.2) is 0 Å². The lowest BCUT2D eigenvalue weighted by molar-refractivity contribution is 0.485. The smallest absolute Gasteiger partial charge is 0.201 e. The van der Waals surface area contributed by atoms with Crippen LogP contribution in [-0.2, 0) is 24.7 Å². The molecule has 0 radical (unpaired) electrons. The van der Waals surface area contributed by atoms with Crippen LogP contribution in [0.5, 0.6) is 0 Å². The van der Waals surface area contributed by atoms with Gasteiger partial charge in [0.25, 0.3) is 11.0 Å². The first-order valence-corrected chi connectivity index (χ1v) is 4.26. The number of thiol groups is 1. The van der Waals surface area contributed by atoms with Crippen molar-refractivity contribution in [3.8, 4) is 0 Å². The van der Waals surface area contributed by atoms with Gasteiger partial charge in [0.1, 0.15) is 0 Å². The molecule has 0 aromatic rings. The molecule has 0 aromatic heterocycles. The number of rotatable bonds is 3. The fraction of sp³-hybridized carbons (Fsp3) is 0. The third kappa shape index (κ3) is 4.13. The number of hydrogen-bond acceptors (Lipinski definition) is 5. The summed E-state index contributed by atoms with van der Waals surface area (Å²) in [6, 6.07) is 0. The zero-order valence-corrected chi connectivity index (χ0v) is 5.89. The Balaban J connectivity index is 4.41. The normalized spacial score (nSPS) is 11.7. The van der Waals surface area contributed by atoms with Crippen molar-refractivity contribution >= 4 is 21.1 Å². The topological polar surface area (TPSA) is 77.5 Å². The molecule has 0 heterocycles. The molecule has 0 bridgehead atoms. The fourth-order valence-corrected chi connectivity index (χ4v) is 1.04. The maximum Gasteiger partial charge on any atom is 0.303 e. The van der Waals surface area contributed by atoms with Crippen LogP contribution in [0, 0.1) is 0 Å². The summed E-state index contributed by atoms with van der Waals surface area (Å²) in [5.74, 6) is 0. The molecular formula is C2H4O5S2. The Morgan fingerprint density at radius 3 is 2.00 bits per heavy atom. The summed E-state index contributed by atoms with van der Waals surface area (Å²) in [6.07, 6.45) is 0. The van der Waals surface area contributed by atoms with E-state index < -0.39 is 21.1 Å². The van der Waals surface area contributed by atoms with E-state index in [2.05, 4.69) is 10.2 Å². The van der Waals surface area contributed by atoms with E-state index in [1.165, 1.54) is 0 Å². The average molecular weight is 172 g/mol. The van der Waals surface area contributed by atoms with Crippen LogP contribution in [0.2, 0.25) is 0 Å². The zero-order valence-electron chi connectivity index (χ0n) is 4.18. The number of hydrogen-bond donors (Lipinski definition) is 1.